The second kappa shape index (κ2) is 7.21. The van der Waals surface area contributed by atoms with Crippen LogP contribution in [0.3, 0.4) is 0 Å². The monoisotopic (exact) mass is 355 g/mol. The van der Waals surface area contributed by atoms with Gasteiger partial charge in [-0.3, -0.25) is 9.69 Å². The maximum atomic E-state index is 12.5. The molecule has 138 valence electrons. The molecule has 2 heterocycles. The lowest BCUT2D eigenvalue weighted by atomic mass is 9.98. The number of hydrogen-bond acceptors (Lipinski definition) is 5. The summed E-state index contributed by atoms with van der Waals surface area (Å²) >= 11 is 0. The van der Waals surface area contributed by atoms with Gasteiger partial charge in [0.15, 0.2) is 11.5 Å². The molecule has 6 nitrogen and oxygen atoms in total. The fourth-order valence-electron chi connectivity index (χ4n) is 4.08. The molecule has 6 heteroatoms. The third-order valence-electron chi connectivity index (χ3n) is 5.62. The number of benzene rings is 1. The van der Waals surface area contributed by atoms with E-state index in [9.17, 15) is 9.90 Å². The van der Waals surface area contributed by atoms with E-state index < -0.39 is 5.54 Å². The fourth-order valence-corrected chi connectivity index (χ4v) is 4.08. The van der Waals surface area contributed by atoms with Gasteiger partial charge in [-0.15, -0.1) is 0 Å². The molecule has 2 aromatic rings. The molecule has 26 heavy (non-hydrogen) atoms. The Kier molecular flexibility index (Phi) is 4.78. The molecule has 0 atom stereocenters. The van der Waals surface area contributed by atoms with Crippen molar-refractivity contribution in [1.82, 2.24) is 15.4 Å². The summed E-state index contributed by atoms with van der Waals surface area (Å²) in [6.45, 7) is 2.45. The number of rotatable bonds is 5. The van der Waals surface area contributed by atoms with E-state index in [4.69, 9.17) is 4.52 Å². The predicted molar refractivity (Wildman–Crippen MR) is 96.5 cm³/mol. The molecule has 1 amide bonds. The molecular weight excluding hydrogens is 330 g/mol. The lowest BCUT2D eigenvalue weighted by Gasteiger charge is -2.27. The molecule has 4 rings (SSSR count). The van der Waals surface area contributed by atoms with Gasteiger partial charge in [-0.05, 0) is 30.4 Å². The van der Waals surface area contributed by atoms with Crippen molar-refractivity contribution < 1.29 is 14.4 Å². The Bertz CT molecular complexity index is 780. The fraction of sp³-hybridized carbons (Fsp3) is 0.500. The molecule has 0 radical (unpaired) electrons. The Balaban J connectivity index is 1.38. The smallest absolute Gasteiger partial charge is 0.273 e. The van der Waals surface area contributed by atoms with Crippen LogP contribution in [0.5, 0.6) is 0 Å². The van der Waals surface area contributed by atoms with Crippen LogP contribution in [0.4, 0.5) is 0 Å². The lowest BCUT2D eigenvalue weighted by molar-refractivity contribution is 0.0829. The molecular formula is C20H25N3O3. The summed E-state index contributed by atoms with van der Waals surface area (Å²) in [7, 11) is 0. The molecule has 1 aromatic carbocycles. The van der Waals surface area contributed by atoms with Gasteiger partial charge in [0.2, 0.25) is 0 Å². The van der Waals surface area contributed by atoms with Crippen molar-refractivity contribution in [1.29, 1.82) is 0 Å². The number of carbonyl (C=O) groups is 1. The van der Waals surface area contributed by atoms with Crippen LogP contribution in [0.1, 0.15) is 53.1 Å². The van der Waals surface area contributed by atoms with Crippen LogP contribution in [0.15, 0.2) is 34.9 Å². The summed E-state index contributed by atoms with van der Waals surface area (Å²) in [6, 6.07) is 10.2. The Morgan fingerprint density at radius 2 is 2.04 bits per heavy atom. The molecule has 0 spiro atoms. The van der Waals surface area contributed by atoms with E-state index in [1.165, 1.54) is 11.1 Å². The third-order valence-corrected chi connectivity index (χ3v) is 5.62. The zero-order chi connectivity index (χ0) is 18.0. The maximum absolute atomic E-state index is 12.5. The van der Waals surface area contributed by atoms with Gasteiger partial charge in [-0.2, -0.15) is 0 Å². The summed E-state index contributed by atoms with van der Waals surface area (Å²) in [5, 5.41) is 16.6. The molecule has 1 aliphatic carbocycles. The molecule has 2 N–H and O–H groups in total. The van der Waals surface area contributed by atoms with Crippen LogP contribution in [0.2, 0.25) is 0 Å². The summed E-state index contributed by atoms with van der Waals surface area (Å²) in [5.41, 5.74) is 2.55. The average molecular weight is 355 g/mol. The lowest BCUT2D eigenvalue weighted by Crippen LogP contribution is -2.49. The van der Waals surface area contributed by atoms with E-state index >= 15 is 0 Å². The number of hydrogen-bond donors (Lipinski definition) is 2. The number of carbonyl (C=O) groups excluding carboxylic acids is 1. The first-order chi connectivity index (χ1) is 12.7. The summed E-state index contributed by atoms with van der Waals surface area (Å²) in [5.74, 6) is 0.430. The highest BCUT2D eigenvalue weighted by atomic mass is 16.5. The highest BCUT2D eigenvalue weighted by Gasteiger charge is 2.35. The van der Waals surface area contributed by atoms with E-state index in [-0.39, 0.29) is 18.2 Å². The minimum Gasteiger partial charge on any atom is -0.394 e. The Morgan fingerprint density at radius 1 is 1.27 bits per heavy atom. The number of fused-ring (bicyclic) bond motifs is 1. The van der Waals surface area contributed by atoms with Crippen LogP contribution >= 0.6 is 0 Å². The summed E-state index contributed by atoms with van der Waals surface area (Å²) in [6.07, 6.45) is 4.71. The molecule has 1 saturated carbocycles. The van der Waals surface area contributed by atoms with Crippen LogP contribution < -0.4 is 5.32 Å². The Hall–Kier alpha value is -2.18. The molecule has 1 fully saturated rings. The van der Waals surface area contributed by atoms with Crippen molar-refractivity contribution in [2.75, 3.05) is 13.2 Å². The second-order valence-corrected chi connectivity index (χ2v) is 7.51. The van der Waals surface area contributed by atoms with E-state index in [1.807, 2.05) is 0 Å². The van der Waals surface area contributed by atoms with E-state index in [0.717, 1.165) is 45.2 Å². The topological polar surface area (TPSA) is 78.6 Å². The van der Waals surface area contributed by atoms with Gasteiger partial charge in [0, 0.05) is 19.2 Å². The van der Waals surface area contributed by atoms with E-state index in [0.29, 0.717) is 12.3 Å². The van der Waals surface area contributed by atoms with Gasteiger partial charge >= 0.3 is 0 Å². The van der Waals surface area contributed by atoms with Crippen molar-refractivity contribution in [3.8, 4) is 0 Å². The average Bonchev–Trinajstić information content (AvgIpc) is 3.32. The SMILES string of the molecule is O=C(NC1(CO)CCCC1)c1cc(CN2CCc3ccccc3C2)on1. The largest absolute Gasteiger partial charge is 0.394 e. The predicted octanol–water partition coefficient (Wildman–Crippen LogP) is 2.27. The quantitative estimate of drug-likeness (QED) is 0.860. The van der Waals surface area contributed by atoms with E-state index in [1.54, 1.807) is 6.07 Å². The molecule has 0 saturated heterocycles. The number of aliphatic hydroxyl groups excluding tert-OH is 1. The van der Waals surface area contributed by atoms with Crippen molar-refractivity contribution in [2.45, 2.75) is 50.7 Å². The normalized spacial score (nSPS) is 19.3. The van der Waals surface area contributed by atoms with Crippen molar-refractivity contribution >= 4 is 5.91 Å². The Morgan fingerprint density at radius 3 is 2.81 bits per heavy atom. The number of aliphatic hydroxyl groups is 1. The van der Waals surface area contributed by atoms with Gasteiger partial charge in [-0.1, -0.05) is 42.3 Å². The van der Waals surface area contributed by atoms with Crippen molar-refractivity contribution in [2.24, 2.45) is 0 Å². The number of aromatic nitrogens is 1. The first kappa shape index (κ1) is 17.2. The van der Waals surface area contributed by atoms with Gasteiger partial charge in [-0.25, -0.2) is 0 Å². The summed E-state index contributed by atoms with van der Waals surface area (Å²) < 4.78 is 5.39. The molecule has 1 aromatic heterocycles. The number of nitrogens with one attached hydrogen (secondary N) is 1. The zero-order valence-corrected chi connectivity index (χ0v) is 14.9. The highest BCUT2D eigenvalue weighted by molar-refractivity contribution is 5.92. The standard InChI is InChI=1S/C20H25N3O3/c24-14-20(8-3-4-9-20)21-19(25)18-11-17(26-22-18)13-23-10-7-15-5-1-2-6-16(15)12-23/h1-2,5-6,11,24H,3-4,7-10,12-14H2,(H,21,25). The highest BCUT2D eigenvalue weighted by Crippen LogP contribution is 2.29. The minimum atomic E-state index is -0.493. The summed E-state index contributed by atoms with van der Waals surface area (Å²) in [4.78, 5) is 14.8. The first-order valence-electron chi connectivity index (χ1n) is 9.36. The molecule has 0 unspecified atom stereocenters. The van der Waals surface area contributed by atoms with Gasteiger partial charge in [0.05, 0.1) is 18.7 Å². The maximum Gasteiger partial charge on any atom is 0.273 e. The second-order valence-electron chi connectivity index (χ2n) is 7.51. The molecule has 1 aliphatic heterocycles. The number of amides is 1. The van der Waals surface area contributed by atoms with Crippen LogP contribution in [0, 0.1) is 0 Å². The Labute approximate surface area is 153 Å². The van der Waals surface area contributed by atoms with E-state index in [2.05, 4.69) is 39.6 Å². The number of nitrogens with zero attached hydrogens (tertiary/aromatic N) is 2. The van der Waals surface area contributed by atoms with Crippen LogP contribution in [-0.4, -0.2) is 39.8 Å². The van der Waals surface area contributed by atoms with Crippen LogP contribution in [-0.2, 0) is 19.5 Å². The van der Waals surface area contributed by atoms with Crippen molar-refractivity contribution in [3.05, 3.63) is 52.9 Å². The first-order valence-corrected chi connectivity index (χ1v) is 9.36. The molecule has 0 bridgehead atoms. The molecule has 2 aliphatic rings. The van der Waals surface area contributed by atoms with Crippen molar-refractivity contribution in [3.63, 3.8) is 0 Å². The van der Waals surface area contributed by atoms with Gasteiger partial charge < -0.3 is 14.9 Å². The van der Waals surface area contributed by atoms with Gasteiger partial charge in [0.25, 0.3) is 5.91 Å². The third kappa shape index (κ3) is 3.52. The van der Waals surface area contributed by atoms with Crippen LogP contribution in [0.25, 0.3) is 0 Å². The van der Waals surface area contributed by atoms with Gasteiger partial charge in [0.1, 0.15) is 0 Å². The zero-order valence-electron chi connectivity index (χ0n) is 14.9. The minimum absolute atomic E-state index is 0.0311.